The average Bonchev–Trinajstić information content (AvgIpc) is 2.34. The highest BCUT2D eigenvalue weighted by atomic mass is 35.5. The molecule has 20 heavy (non-hydrogen) atoms. The van der Waals surface area contributed by atoms with Gasteiger partial charge in [0.25, 0.3) is 0 Å². The van der Waals surface area contributed by atoms with E-state index >= 15 is 0 Å². The number of halogens is 2. The highest BCUT2D eigenvalue weighted by Crippen LogP contribution is 2.21. The van der Waals surface area contributed by atoms with E-state index in [1.807, 2.05) is 0 Å². The first-order chi connectivity index (χ1) is 9.18. The van der Waals surface area contributed by atoms with Crippen LogP contribution in [-0.4, -0.2) is 35.7 Å². The maximum Gasteiger partial charge on any atom is 0.242 e. The van der Waals surface area contributed by atoms with E-state index in [-0.39, 0.29) is 28.8 Å². The lowest BCUT2D eigenvalue weighted by Gasteiger charge is -2.09. The zero-order valence-electron chi connectivity index (χ0n) is 10.6. The van der Waals surface area contributed by atoms with E-state index in [0.717, 1.165) is 18.2 Å². The fourth-order valence-electron chi connectivity index (χ4n) is 1.26. The quantitative estimate of drug-likeness (QED) is 0.712. The predicted molar refractivity (Wildman–Crippen MR) is 74.1 cm³/mol. The average molecular weight is 345 g/mol. The summed E-state index contributed by atoms with van der Waals surface area (Å²) in [6, 6.07) is 2.90. The van der Waals surface area contributed by atoms with Crippen LogP contribution < -0.4 is 9.44 Å². The third kappa shape index (κ3) is 4.98. The molecule has 2 N–H and O–H groups in total. The van der Waals surface area contributed by atoms with Crippen molar-refractivity contribution in [1.82, 2.24) is 9.44 Å². The van der Waals surface area contributed by atoms with Crippen molar-refractivity contribution in [3.05, 3.63) is 29.0 Å². The maximum atomic E-state index is 12.8. The van der Waals surface area contributed by atoms with Gasteiger partial charge in [-0.05, 0) is 25.1 Å². The van der Waals surface area contributed by atoms with Crippen LogP contribution in [0.5, 0.6) is 0 Å². The monoisotopic (exact) mass is 344 g/mol. The standard InChI is InChI=1S/C10H14ClFN2O4S2/c1-2-19(15,16)13-5-6-14-20(17,18)10-4-3-8(12)7-9(10)11/h3-4,7,13-14H,2,5-6H2,1H3. The Morgan fingerprint density at radius 1 is 1.15 bits per heavy atom. The molecule has 0 spiro atoms. The summed E-state index contributed by atoms with van der Waals surface area (Å²) in [6.07, 6.45) is 0. The summed E-state index contributed by atoms with van der Waals surface area (Å²) in [6.45, 7) is 1.23. The SMILES string of the molecule is CCS(=O)(=O)NCCNS(=O)(=O)c1ccc(F)cc1Cl. The highest BCUT2D eigenvalue weighted by molar-refractivity contribution is 7.89. The molecule has 114 valence electrons. The van der Waals surface area contributed by atoms with Crippen molar-refractivity contribution in [2.75, 3.05) is 18.8 Å². The van der Waals surface area contributed by atoms with Gasteiger partial charge in [-0.3, -0.25) is 0 Å². The molecule has 1 rings (SSSR count). The van der Waals surface area contributed by atoms with Gasteiger partial charge in [-0.1, -0.05) is 11.6 Å². The normalized spacial score (nSPS) is 12.6. The summed E-state index contributed by atoms with van der Waals surface area (Å²) in [7, 11) is -7.29. The van der Waals surface area contributed by atoms with Gasteiger partial charge >= 0.3 is 0 Å². The van der Waals surface area contributed by atoms with E-state index in [1.165, 1.54) is 6.92 Å². The van der Waals surface area contributed by atoms with Crippen molar-refractivity contribution in [2.24, 2.45) is 0 Å². The minimum absolute atomic E-state index is 0.0891. The lowest BCUT2D eigenvalue weighted by Crippen LogP contribution is -2.35. The lowest BCUT2D eigenvalue weighted by atomic mass is 10.3. The molecule has 0 fully saturated rings. The molecule has 0 bridgehead atoms. The summed E-state index contributed by atoms with van der Waals surface area (Å²) in [5.74, 6) is -0.742. The van der Waals surface area contributed by atoms with Gasteiger partial charge in [0.1, 0.15) is 10.7 Å². The van der Waals surface area contributed by atoms with E-state index < -0.39 is 25.9 Å². The van der Waals surface area contributed by atoms with Crippen molar-refractivity contribution in [2.45, 2.75) is 11.8 Å². The molecule has 0 aliphatic carbocycles. The molecule has 1 aromatic rings. The van der Waals surface area contributed by atoms with Crippen LogP contribution in [0.15, 0.2) is 23.1 Å². The predicted octanol–water partition coefficient (Wildman–Crippen LogP) is 0.697. The summed E-state index contributed by atoms with van der Waals surface area (Å²) in [5, 5.41) is -0.244. The molecule has 0 radical (unpaired) electrons. The Bertz CT molecular complexity index is 676. The number of nitrogens with one attached hydrogen (secondary N) is 2. The highest BCUT2D eigenvalue weighted by Gasteiger charge is 2.18. The van der Waals surface area contributed by atoms with E-state index in [1.54, 1.807) is 0 Å². The molecule has 0 saturated heterocycles. The zero-order chi connectivity index (χ0) is 15.4. The second-order valence-corrected chi connectivity index (χ2v) is 8.01. The minimum Gasteiger partial charge on any atom is -0.214 e. The largest absolute Gasteiger partial charge is 0.242 e. The van der Waals surface area contributed by atoms with Gasteiger partial charge in [0, 0.05) is 13.1 Å². The Morgan fingerprint density at radius 2 is 1.75 bits per heavy atom. The Balaban J connectivity index is 2.67. The summed E-state index contributed by atoms with van der Waals surface area (Å²) < 4.78 is 63.2. The van der Waals surface area contributed by atoms with Crippen molar-refractivity contribution in [3.63, 3.8) is 0 Å². The van der Waals surface area contributed by atoms with Gasteiger partial charge in [-0.2, -0.15) is 0 Å². The lowest BCUT2D eigenvalue weighted by molar-refractivity contribution is 0.571. The van der Waals surface area contributed by atoms with Crippen LogP contribution in [0.1, 0.15) is 6.92 Å². The molecule has 0 amide bonds. The van der Waals surface area contributed by atoms with E-state index in [2.05, 4.69) is 9.44 Å². The molecule has 1 aromatic carbocycles. The second-order valence-electron chi connectivity index (χ2n) is 3.77. The van der Waals surface area contributed by atoms with E-state index in [9.17, 15) is 21.2 Å². The Labute approximate surface area is 122 Å². The second kappa shape index (κ2) is 6.81. The topological polar surface area (TPSA) is 92.3 Å². The molecule has 0 heterocycles. The number of rotatable bonds is 7. The Hall–Kier alpha value is -0.740. The van der Waals surface area contributed by atoms with Crippen molar-refractivity contribution in [3.8, 4) is 0 Å². The van der Waals surface area contributed by atoms with Crippen molar-refractivity contribution >= 4 is 31.6 Å². The number of hydrogen-bond acceptors (Lipinski definition) is 4. The fourth-order valence-corrected chi connectivity index (χ4v) is 3.44. The van der Waals surface area contributed by atoms with E-state index in [4.69, 9.17) is 11.6 Å². The van der Waals surface area contributed by atoms with Gasteiger partial charge in [-0.25, -0.2) is 30.7 Å². The molecular weight excluding hydrogens is 331 g/mol. The fraction of sp³-hybridized carbons (Fsp3) is 0.400. The summed E-state index contributed by atoms with van der Waals surface area (Å²) in [5.41, 5.74) is 0. The molecule has 10 heteroatoms. The summed E-state index contributed by atoms with van der Waals surface area (Å²) >= 11 is 5.65. The zero-order valence-corrected chi connectivity index (χ0v) is 12.9. The first-order valence-electron chi connectivity index (χ1n) is 5.60. The number of benzene rings is 1. The van der Waals surface area contributed by atoms with Crippen molar-refractivity contribution in [1.29, 1.82) is 0 Å². The molecule has 0 atom stereocenters. The first kappa shape index (κ1) is 17.3. The molecule has 6 nitrogen and oxygen atoms in total. The van der Waals surface area contributed by atoms with Gasteiger partial charge in [0.2, 0.25) is 20.0 Å². The molecule has 0 aliphatic rings. The van der Waals surface area contributed by atoms with Gasteiger partial charge < -0.3 is 0 Å². The molecule has 0 unspecified atom stereocenters. The van der Waals surface area contributed by atoms with Crippen LogP contribution in [0.2, 0.25) is 5.02 Å². The van der Waals surface area contributed by atoms with Crippen LogP contribution in [0.25, 0.3) is 0 Å². The molecule has 0 aliphatic heterocycles. The Kier molecular flexibility index (Phi) is 5.90. The van der Waals surface area contributed by atoms with Gasteiger partial charge in [0.05, 0.1) is 10.8 Å². The van der Waals surface area contributed by atoms with Crippen LogP contribution in [-0.2, 0) is 20.0 Å². The van der Waals surface area contributed by atoms with Crippen LogP contribution in [0.3, 0.4) is 0 Å². The van der Waals surface area contributed by atoms with Crippen LogP contribution in [0, 0.1) is 5.82 Å². The smallest absolute Gasteiger partial charge is 0.214 e. The number of sulfonamides is 2. The molecular formula is C10H14ClFN2O4S2. The van der Waals surface area contributed by atoms with Crippen molar-refractivity contribution < 1.29 is 21.2 Å². The number of hydrogen-bond donors (Lipinski definition) is 2. The van der Waals surface area contributed by atoms with Crippen LogP contribution in [0.4, 0.5) is 4.39 Å². The third-order valence-electron chi connectivity index (χ3n) is 2.30. The minimum atomic E-state index is -3.92. The van der Waals surface area contributed by atoms with Gasteiger partial charge in [0.15, 0.2) is 0 Å². The van der Waals surface area contributed by atoms with Crippen LogP contribution >= 0.6 is 11.6 Å². The van der Waals surface area contributed by atoms with Gasteiger partial charge in [-0.15, -0.1) is 0 Å². The first-order valence-corrected chi connectivity index (χ1v) is 9.11. The van der Waals surface area contributed by atoms with E-state index in [0.29, 0.717) is 0 Å². The summed E-state index contributed by atoms with van der Waals surface area (Å²) in [4.78, 5) is -0.265. The molecule has 0 saturated carbocycles. The maximum absolute atomic E-state index is 12.8. The molecule has 0 aromatic heterocycles. The Morgan fingerprint density at radius 3 is 2.30 bits per heavy atom. The third-order valence-corrected chi connectivity index (χ3v) is 5.65.